The van der Waals surface area contributed by atoms with Crippen molar-refractivity contribution in [3.05, 3.63) is 42.4 Å². The second-order valence-electron chi connectivity index (χ2n) is 5.29. The van der Waals surface area contributed by atoms with E-state index in [9.17, 15) is 9.59 Å². The average molecular weight is 324 g/mol. The maximum atomic E-state index is 12.1. The van der Waals surface area contributed by atoms with Crippen LogP contribution in [0.25, 0.3) is 0 Å². The Bertz CT molecular complexity index is 800. The Hall–Kier alpha value is -3.29. The van der Waals surface area contributed by atoms with Gasteiger partial charge in [-0.15, -0.1) is 0 Å². The Morgan fingerprint density at radius 1 is 1.12 bits per heavy atom. The Kier molecular flexibility index (Phi) is 4.46. The SMILES string of the molecule is Cc1cc(Nc2ccc(NC(=O)C3=NNC(=O)CC3)cc2)ncn1. The van der Waals surface area contributed by atoms with Crippen LogP contribution in [0.3, 0.4) is 0 Å². The van der Waals surface area contributed by atoms with E-state index in [0.29, 0.717) is 23.6 Å². The highest BCUT2D eigenvalue weighted by atomic mass is 16.2. The quantitative estimate of drug-likeness (QED) is 0.794. The molecular weight excluding hydrogens is 308 g/mol. The minimum Gasteiger partial charge on any atom is -0.340 e. The molecule has 0 unspecified atom stereocenters. The van der Waals surface area contributed by atoms with Crippen molar-refractivity contribution < 1.29 is 9.59 Å². The van der Waals surface area contributed by atoms with E-state index in [1.165, 1.54) is 6.33 Å². The molecule has 1 aromatic heterocycles. The van der Waals surface area contributed by atoms with Gasteiger partial charge >= 0.3 is 0 Å². The van der Waals surface area contributed by atoms with Crippen molar-refractivity contribution >= 4 is 34.7 Å². The Labute approximate surface area is 138 Å². The van der Waals surface area contributed by atoms with E-state index in [2.05, 4.69) is 31.1 Å². The summed E-state index contributed by atoms with van der Waals surface area (Å²) < 4.78 is 0. The van der Waals surface area contributed by atoms with Crippen molar-refractivity contribution in [1.29, 1.82) is 0 Å². The molecule has 3 rings (SSSR count). The molecule has 0 saturated heterocycles. The number of amides is 2. The number of aromatic nitrogens is 2. The van der Waals surface area contributed by atoms with E-state index in [0.717, 1.165) is 11.4 Å². The lowest BCUT2D eigenvalue weighted by Crippen LogP contribution is -2.32. The molecule has 0 radical (unpaired) electrons. The van der Waals surface area contributed by atoms with E-state index < -0.39 is 0 Å². The minimum absolute atomic E-state index is 0.179. The van der Waals surface area contributed by atoms with Gasteiger partial charge in [0.15, 0.2) is 0 Å². The van der Waals surface area contributed by atoms with Gasteiger partial charge < -0.3 is 10.6 Å². The van der Waals surface area contributed by atoms with Crippen LogP contribution in [0.5, 0.6) is 0 Å². The number of anilines is 3. The predicted molar refractivity (Wildman–Crippen MR) is 89.9 cm³/mol. The van der Waals surface area contributed by atoms with Crippen molar-refractivity contribution in [2.45, 2.75) is 19.8 Å². The molecule has 24 heavy (non-hydrogen) atoms. The van der Waals surface area contributed by atoms with Crippen LogP contribution in [0, 0.1) is 6.92 Å². The number of benzene rings is 1. The van der Waals surface area contributed by atoms with Crippen LogP contribution in [-0.4, -0.2) is 27.5 Å². The van der Waals surface area contributed by atoms with Crippen LogP contribution < -0.4 is 16.1 Å². The lowest BCUT2D eigenvalue weighted by Gasteiger charge is -2.12. The first-order chi connectivity index (χ1) is 11.6. The first kappa shape index (κ1) is 15.6. The summed E-state index contributed by atoms with van der Waals surface area (Å²) in [5, 5.41) is 9.68. The van der Waals surface area contributed by atoms with Crippen molar-refractivity contribution in [3.8, 4) is 0 Å². The monoisotopic (exact) mass is 324 g/mol. The summed E-state index contributed by atoms with van der Waals surface area (Å²) in [6, 6.07) is 9.05. The third-order valence-electron chi connectivity index (χ3n) is 3.39. The fraction of sp³-hybridized carbons (Fsp3) is 0.188. The fourth-order valence-electron chi connectivity index (χ4n) is 2.15. The van der Waals surface area contributed by atoms with Crippen LogP contribution in [0.2, 0.25) is 0 Å². The first-order valence-electron chi connectivity index (χ1n) is 7.42. The van der Waals surface area contributed by atoms with Crippen LogP contribution in [-0.2, 0) is 9.59 Å². The molecule has 0 bridgehead atoms. The average Bonchev–Trinajstić information content (AvgIpc) is 2.57. The zero-order valence-electron chi connectivity index (χ0n) is 13.0. The molecule has 122 valence electrons. The molecular formula is C16H16N6O2. The molecule has 2 amide bonds. The largest absolute Gasteiger partial charge is 0.340 e. The smallest absolute Gasteiger partial charge is 0.271 e. The molecule has 0 atom stereocenters. The Balaban J connectivity index is 1.62. The molecule has 0 fully saturated rings. The third kappa shape index (κ3) is 3.92. The first-order valence-corrected chi connectivity index (χ1v) is 7.42. The number of rotatable bonds is 4. The summed E-state index contributed by atoms with van der Waals surface area (Å²) >= 11 is 0. The van der Waals surface area contributed by atoms with Gasteiger partial charge in [0.2, 0.25) is 5.91 Å². The topological polar surface area (TPSA) is 108 Å². The van der Waals surface area contributed by atoms with Crippen LogP contribution in [0.4, 0.5) is 17.2 Å². The number of carbonyl (C=O) groups is 2. The van der Waals surface area contributed by atoms with Gasteiger partial charge in [0.05, 0.1) is 0 Å². The van der Waals surface area contributed by atoms with Gasteiger partial charge in [-0.3, -0.25) is 9.59 Å². The molecule has 1 aromatic carbocycles. The highest BCUT2D eigenvalue weighted by molar-refractivity contribution is 6.43. The van der Waals surface area contributed by atoms with Gasteiger partial charge in [0.1, 0.15) is 17.9 Å². The summed E-state index contributed by atoms with van der Waals surface area (Å²) in [7, 11) is 0. The summed E-state index contributed by atoms with van der Waals surface area (Å²) in [5.41, 5.74) is 4.97. The van der Waals surface area contributed by atoms with Crippen molar-refractivity contribution in [2.24, 2.45) is 5.10 Å². The molecule has 2 heterocycles. The molecule has 8 nitrogen and oxygen atoms in total. The van der Waals surface area contributed by atoms with Gasteiger partial charge in [-0.2, -0.15) is 5.10 Å². The molecule has 1 aliphatic rings. The maximum absolute atomic E-state index is 12.1. The number of aryl methyl sites for hydroxylation is 1. The van der Waals surface area contributed by atoms with E-state index in [1.807, 2.05) is 25.1 Å². The standard InChI is InChI=1S/C16H16N6O2/c1-10-8-14(18-9-17-10)19-11-2-4-12(5-3-11)20-16(24)13-6-7-15(23)22-21-13/h2-5,8-9H,6-7H2,1H3,(H,20,24)(H,22,23)(H,17,18,19). The molecule has 0 spiro atoms. The molecule has 8 heteroatoms. The van der Waals surface area contributed by atoms with Crippen LogP contribution >= 0.6 is 0 Å². The number of hydrazone groups is 1. The van der Waals surface area contributed by atoms with Gasteiger partial charge in [-0.05, 0) is 31.2 Å². The zero-order valence-corrected chi connectivity index (χ0v) is 13.0. The molecule has 0 aliphatic carbocycles. The lowest BCUT2D eigenvalue weighted by molar-refractivity contribution is -0.121. The molecule has 1 aliphatic heterocycles. The van der Waals surface area contributed by atoms with E-state index in [4.69, 9.17) is 0 Å². The number of hydrogen-bond donors (Lipinski definition) is 3. The normalized spacial score (nSPS) is 13.7. The van der Waals surface area contributed by atoms with Gasteiger partial charge in [0, 0.05) is 36.0 Å². The lowest BCUT2D eigenvalue weighted by atomic mass is 10.1. The summed E-state index contributed by atoms with van der Waals surface area (Å²) in [6.07, 6.45) is 2.10. The number of nitrogens with zero attached hydrogens (tertiary/aromatic N) is 3. The minimum atomic E-state index is -0.317. The fourth-order valence-corrected chi connectivity index (χ4v) is 2.15. The highest BCUT2D eigenvalue weighted by Crippen LogP contribution is 2.18. The van der Waals surface area contributed by atoms with E-state index >= 15 is 0 Å². The van der Waals surface area contributed by atoms with Crippen molar-refractivity contribution in [2.75, 3.05) is 10.6 Å². The summed E-state index contributed by atoms with van der Waals surface area (Å²) in [5.74, 6) is 0.204. The second-order valence-corrected chi connectivity index (χ2v) is 5.29. The Morgan fingerprint density at radius 3 is 2.54 bits per heavy atom. The van der Waals surface area contributed by atoms with Crippen molar-refractivity contribution in [3.63, 3.8) is 0 Å². The van der Waals surface area contributed by atoms with E-state index in [-0.39, 0.29) is 18.2 Å². The highest BCUT2D eigenvalue weighted by Gasteiger charge is 2.18. The van der Waals surface area contributed by atoms with Crippen LogP contribution in [0.15, 0.2) is 41.8 Å². The number of carbonyl (C=O) groups excluding carboxylic acids is 2. The predicted octanol–water partition coefficient (Wildman–Crippen LogP) is 1.73. The number of nitrogens with one attached hydrogen (secondary N) is 3. The second kappa shape index (κ2) is 6.86. The van der Waals surface area contributed by atoms with Gasteiger partial charge in [-0.25, -0.2) is 15.4 Å². The van der Waals surface area contributed by atoms with Gasteiger partial charge in [0.25, 0.3) is 5.91 Å². The van der Waals surface area contributed by atoms with Crippen LogP contribution in [0.1, 0.15) is 18.5 Å². The number of hydrogen-bond acceptors (Lipinski definition) is 6. The van der Waals surface area contributed by atoms with Gasteiger partial charge in [-0.1, -0.05) is 0 Å². The zero-order chi connectivity index (χ0) is 16.9. The molecule has 0 saturated carbocycles. The maximum Gasteiger partial charge on any atom is 0.271 e. The Morgan fingerprint density at radius 2 is 1.88 bits per heavy atom. The van der Waals surface area contributed by atoms with Crippen molar-refractivity contribution in [1.82, 2.24) is 15.4 Å². The molecule has 2 aromatic rings. The summed E-state index contributed by atoms with van der Waals surface area (Å²) in [4.78, 5) is 31.3. The molecule has 3 N–H and O–H groups in total. The summed E-state index contributed by atoms with van der Waals surface area (Å²) in [6.45, 7) is 1.89. The third-order valence-corrected chi connectivity index (χ3v) is 3.39. The van der Waals surface area contributed by atoms with E-state index in [1.54, 1.807) is 12.1 Å².